The van der Waals surface area contributed by atoms with Crippen LogP contribution in [0.1, 0.15) is 36.9 Å². The summed E-state index contributed by atoms with van der Waals surface area (Å²) in [5.74, 6) is 0.927. The number of pyridine rings is 1. The lowest BCUT2D eigenvalue weighted by Gasteiger charge is -2.16. The molecule has 2 atom stereocenters. The summed E-state index contributed by atoms with van der Waals surface area (Å²) < 4.78 is 7.67. The van der Waals surface area contributed by atoms with Crippen molar-refractivity contribution >= 4 is 40.7 Å². The molecule has 3 aromatic heterocycles. The Morgan fingerprint density at radius 2 is 1.59 bits per heavy atom. The van der Waals surface area contributed by atoms with E-state index in [1.165, 1.54) is 0 Å². The van der Waals surface area contributed by atoms with Crippen LogP contribution in [0.25, 0.3) is 39.3 Å². The van der Waals surface area contributed by atoms with Gasteiger partial charge in [-0.1, -0.05) is 53.5 Å². The van der Waals surface area contributed by atoms with Crippen LogP contribution in [0.5, 0.6) is 5.75 Å². The lowest BCUT2D eigenvalue weighted by Crippen LogP contribution is -2.35. The first-order valence-electron chi connectivity index (χ1n) is 16.3. The van der Waals surface area contributed by atoms with Crippen molar-refractivity contribution in [2.24, 2.45) is 0 Å². The van der Waals surface area contributed by atoms with Gasteiger partial charge in [0.2, 0.25) is 11.8 Å². The van der Waals surface area contributed by atoms with Crippen molar-refractivity contribution in [2.75, 3.05) is 20.2 Å². The first-order valence-corrected chi connectivity index (χ1v) is 17.1. The van der Waals surface area contributed by atoms with E-state index in [2.05, 4.69) is 36.2 Å². The van der Waals surface area contributed by atoms with Gasteiger partial charge in [0.25, 0.3) is 0 Å². The lowest BCUT2D eigenvalue weighted by atomic mass is 9.99. The van der Waals surface area contributed by atoms with E-state index < -0.39 is 0 Å². The number of rotatable bonds is 12. The van der Waals surface area contributed by atoms with Crippen LogP contribution in [0.15, 0.2) is 67.3 Å². The van der Waals surface area contributed by atoms with Crippen molar-refractivity contribution in [3.05, 3.63) is 88.6 Å². The van der Waals surface area contributed by atoms with Crippen LogP contribution in [-0.4, -0.2) is 63.4 Å². The molecular formula is C36H36Cl2N8O3. The summed E-state index contributed by atoms with van der Waals surface area (Å²) in [5, 5.41) is 13.7. The second kappa shape index (κ2) is 14.5. The number of hydrogen-bond donors (Lipinski definition) is 4. The summed E-state index contributed by atoms with van der Waals surface area (Å²) in [6.07, 6.45) is 10.2. The van der Waals surface area contributed by atoms with Crippen molar-refractivity contribution in [1.29, 1.82) is 0 Å². The highest BCUT2D eigenvalue weighted by molar-refractivity contribution is 6.39. The van der Waals surface area contributed by atoms with Gasteiger partial charge < -0.3 is 30.4 Å². The predicted octanol–water partition coefficient (Wildman–Crippen LogP) is 5.18. The molecule has 2 aromatic carbocycles. The molecule has 5 aromatic rings. The lowest BCUT2D eigenvalue weighted by molar-refractivity contribution is -0.120. The fourth-order valence-electron chi connectivity index (χ4n) is 6.42. The first-order chi connectivity index (χ1) is 23.9. The summed E-state index contributed by atoms with van der Waals surface area (Å²) in [6, 6.07) is 13.9. The van der Waals surface area contributed by atoms with Crippen LogP contribution in [0, 0.1) is 0 Å². The molecule has 2 aliphatic heterocycles. The summed E-state index contributed by atoms with van der Waals surface area (Å²) in [7, 11) is 1.64. The average molecular weight is 700 g/mol. The fourth-order valence-corrected chi connectivity index (χ4v) is 7.07. The number of nitrogens with one attached hydrogen (secondary N) is 4. The van der Waals surface area contributed by atoms with Crippen molar-refractivity contribution < 1.29 is 14.3 Å². The quantitative estimate of drug-likeness (QED) is 0.140. The molecule has 5 heterocycles. The van der Waals surface area contributed by atoms with Gasteiger partial charge in [-0.25, -0.2) is 4.98 Å². The highest BCUT2D eigenvalue weighted by Gasteiger charge is 2.22. The maximum Gasteiger partial charge on any atom is 0.220 e. The molecule has 4 N–H and O–H groups in total. The van der Waals surface area contributed by atoms with E-state index in [1.54, 1.807) is 19.5 Å². The van der Waals surface area contributed by atoms with E-state index in [0.717, 1.165) is 52.0 Å². The van der Waals surface area contributed by atoms with Gasteiger partial charge in [0, 0.05) is 97.5 Å². The monoisotopic (exact) mass is 698 g/mol. The van der Waals surface area contributed by atoms with Crippen LogP contribution in [0.2, 0.25) is 10.0 Å². The third-order valence-corrected chi connectivity index (χ3v) is 9.77. The molecule has 0 unspecified atom stereocenters. The van der Waals surface area contributed by atoms with Crippen molar-refractivity contribution in [3.63, 3.8) is 0 Å². The smallest absolute Gasteiger partial charge is 0.220 e. The summed E-state index contributed by atoms with van der Waals surface area (Å²) in [4.78, 5) is 37.0. The number of imidazole rings is 1. The van der Waals surface area contributed by atoms with Gasteiger partial charge in [-0.3, -0.25) is 19.6 Å². The van der Waals surface area contributed by atoms with E-state index >= 15 is 0 Å². The molecule has 13 heteroatoms. The van der Waals surface area contributed by atoms with Crippen molar-refractivity contribution in [3.8, 4) is 39.4 Å². The van der Waals surface area contributed by atoms with E-state index in [9.17, 15) is 9.59 Å². The number of nitrogens with zero attached hydrogens (tertiary/aromatic N) is 4. The Hall–Kier alpha value is -4.55. The van der Waals surface area contributed by atoms with Crippen molar-refractivity contribution in [1.82, 2.24) is 40.6 Å². The standard InChI is InChI=1S/C36H36Cl2N8O3/c1-49-30-13-21(5-6-22(30)14-39-15-23-7-9-32(47)44-23)36-35(38)27(11-12-41-36)26-3-2-4-28(34(26)37)29-20-46-19-25(43-31(46)18-42-29)17-40-16-24-8-10-33(48)45-24/h2-6,11-13,18-20,23-24,39-40H,7-10,14-17H2,1H3,(H,44,47)(H,45,48)/t23-,24+/m1/s1. The van der Waals surface area contributed by atoms with Crippen LogP contribution >= 0.6 is 23.2 Å². The van der Waals surface area contributed by atoms with Gasteiger partial charge in [-0.05, 0) is 25.0 Å². The third-order valence-electron chi connectivity index (χ3n) is 8.98. The average Bonchev–Trinajstić information content (AvgIpc) is 3.84. The zero-order valence-corrected chi connectivity index (χ0v) is 28.4. The van der Waals surface area contributed by atoms with Gasteiger partial charge in [-0.2, -0.15) is 0 Å². The molecule has 0 radical (unpaired) electrons. The molecule has 2 fully saturated rings. The molecule has 7 rings (SSSR count). The maximum absolute atomic E-state index is 11.5. The number of amides is 2. The second-order valence-electron chi connectivity index (χ2n) is 12.4. The number of ether oxygens (including phenoxy) is 1. The minimum Gasteiger partial charge on any atom is -0.496 e. The highest BCUT2D eigenvalue weighted by atomic mass is 35.5. The van der Waals surface area contributed by atoms with Crippen LogP contribution in [-0.2, 0) is 22.7 Å². The van der Waals surface area contributed by atoms with Gasteiger partial charge in [0.1, 0.15) is 5.75 Å². The van der Waals surface area contributed by atoms with Crippen LogP contribution in [0.3, 0.4) is 0 Å². The van der Waals surface area contributed by atoms with Crippen LogP contribution in [0.4, 0.5) is 0 Å². The van der Waals surface area contributed by atoms with E-state index in [0.29, 0.717) is 66.2 Å². The number of fused-ring (bicyclic) bond motifs is 1. The summed E-state index contributed by atoms with van der Waals surface area (Å²) in [5.41, 5.74) is 6.98. The van der Waals surface area contributed by atoms with Gasteiger partial charge in [0.05, 0.1) is 40.4 Å². The number of carbonyl (C=O) groups is 2. The first kappa shape index (κ1) is 33.0. The molecule has 11 nitrogen and oxygen atoms in total. The Kier molecular flexibility index (Phi) is 9.77. The molecule has 0 saturated carbocycles. The highest BCUT2D eigenvalue weighted by Crippen LogP contribution is 2.42. The molecule has 49 heavy (non-hydrogen) atoms. The molecule has 252 valence electrons. The fraction of sp³-hybridized carbons (Fsp3) is 0.306. The molecule has 0 bridgehead atoms. The van der Waals surface area contributed by atoms with E-state index in [4.69, 9.17) is 27.9 Å². The second-order valence-corrected chi connectivity index (χ2v) is 13.1. The normalized spacial score (nSPS) is 17.4. The largest absolute Gasteiger partial charge is 0.496 e. The summed E-state index contributed by atoms with van der Waals surface area (Å²) in [6.45, 7) is 2.57. The zero-order valence-electron chi connectivity index (χ0n) is 26.9. The topological polar surface area (TPSA) is 135 Å². The Labute approximate surface area is 293 Å². The number of carbonyl (C=O) groups excluding carboxylic acids is 2. The Balaban J connectivity index is 1.09. The Morgan fingerprint density at radius 3 is 2.31 bits per heavy atom. The van der Waals surface area contributed by atoms with Gasteiger partial charge in [0.15, 0.2) is 5.65 Å². The molecule has 2 amide bonds. The third kappa shape index (κ3) is 7.25. The van der Waals surface area contributed by atoms with Gasteiger partial charge in [-0.15, -0.1) is 0 Å². The molecule has 0 spiro atoms. The minimum absolute atomic E-state index is 0.105. The van der Waals surface area contributed by atoms with E-state index in [-0.39, 0.29) is 23.9 Å². The molecular weight excluding hydrogens is 663 g/mol. The minimum atomic E-state index is 0.105. The number of benzene rings is 2. The zero-order chi connectivity index (χ0) is 33.9. The number of hydrogen-bond acceptors (Lipinski definition) is 8. The van der Waals surface area contributed by atoms with Gasteiger partial charge >= 0.3 is 0 Å². The SMILES string of the molecule is COc1cc(-c2nccc(-c3cccc(-c4cn5cc(CNC[C@@H]6CCC(=O)N6)nc5cn4)c3Cl)c2Cl)ccc1CNC[C@H]1CCC(=O)N1. The maximum atomic E-state index is 11.5. The van der Waals surface area contributed by atoms with Crippen LogP contribution < -0.4 is 26.0 Å². The predicted molar refractivity (Wildman–Crippen MR) is 189 cm³/mol. The number of halogens is 2. The molecule has 2 saturated heterocycles. The Bertz CT molecular complexity index is 2030. The molecule has 0 aliphatic carbocycles. The molecule has 2 aliphatic rings. The van der Waals surface area contributed by atoms with E-state index in [1.807, 2.05) is 59.3 Å². The summed E-state index contributed by atoms with van der Waals surface area (Å²) >= 11 is 14.1. The number of aromatic nitrogens is 4. The Morgan fingerprint density at radius 1 is 0.878 bits per heavy atom. The number of methoxy groups -OCH3 is 1. The van der Waals surface area contributed by atoms with Crippen molar-refractivity contribution in [2.45, 2.75) is 50.9 Å².